The minimum Gasteiger partial charge on any atom is -0.487 e. The van der Waals surface area contributed by atoms with E-state index in [4.69, 9.17) is 16.3 Å². The van der Waals surface area contributed by atoms with Crippen LogP contribution in [0.3, 0.4) is 0 Å². The maximum absolute atomic E-state index is 12.2. The smallest absolute Gasteiger partial charge is 0.487 e. The molecule has 0 aliphatic heterocycles. The third-order valence-corrected chi connectivity index (χ3v) is 3.61. The number of carbonyl (C=O) groups is 2. The van der Waals surface area contributed by atoms with Crippen LogP contribution in [0, 0.1) is 0 Å². The van der Waals surface area contributed by atoms with E-state index in [0.29, 0.717) is 10.8 Å². The van der Waals surface area contributed by atoms with Crippen LogP contribution in [0.2, 0.25) is 5.02 Å². The Morgan fingerprint density at radius 3 is 2.52 bits per heavy atom. The summed E-state index contributed by atoms with van der Waals surface area (Å²) >= 11 is 5.91. The lowest BCUT2D eigenvalue weighted by molar-refractivity contribution is -0.193. The van der Waals surface area contributed by atoms with Crippen molar-refractivity contribution in [2.45, 2.75) is 12.8 Å². The maximum Gasteiger partial charge on any atom is 0.491 e. The highest BCUT2D eigenvalue weighted by atomic mass is 35.5. The summed E-state index contributed by atoms with van der Waals surface area (Å²) in [6, 6.07) is 10.4. The first-order chi connectivity index (χ1) is 12.7. The lowest BCUT2D eigenvalue weighted by Crippen LogP contribution is -2.28. The molecule has 11 heteroatoms. The molecule has 0 aliphatic rings. The van der Waals surface area contributed by atoms with Crippen LogP contribution in [-0.4, -0.2) is 33.5 Å². The average molecular weight is 400 g/mol. The number of halogens is 4. The Balaban J connectivity index is 1.71. The number of ether oxygens (including phenoxy) is 2. The number of nitrogens with one attached hydrogen (secondary N) is 1. The molecule has 0 amide bonds. The fourth-order valence-electron chi connectivity index (χ4n) is 2.14. The predicted octanol–water partition coefficient (Wildman–Crippen LogP) is 3.44. The van der Waals surface area contributed by atoms with Crippen LogP contribution in [0.5, 0.6) is 5.75 Å². The monoisotopic (exact) mass is 399 g/mol. The number of rotatable bonds is 4. The Kier molecular flexibility index (Phi) is 5.00. The van der Waals surface area contributed by atoms with Crippen LogP contribution >= 0.6 is 11.6 Å². The zero-order chi connectivity index (χ0) is 19.6. The van der Waals surface area contributed by atoms with E-state index in [1.54, 1.807) is 36.4 Å². The molecular weight excluding hydrogens is 391 g/mol. The Hall–Kier alpha value is -3.14. The van der Waals surface area contributed by atoms with Gasteiger partial charge in [0.05, 0.1) is 0 Å². The predicted molar refractivity (Wildman–Crippen MR) is 86.2 cm³/mol. The van der Waals surface area contributed by atoms with Crippen molar-refractivity contribution in [2.75, 3.05) is 0 Å². The van der Waals surface area contributed by atoms with Crippen molar-refractivity contribution in [1.82, 2.24) is 15.4 Å². The lowest BCUT2D eigenvalue weighted by Gasteiger charge is -2.07. The molecule has 0 spiro atoms. The van der Waals surface area contributed by atoms with Gasteiger partial charge in [-0.25, -0.2) is 9.59 Å². The normalized spacial score (nSPS) is 11.4. The van der Waals surface area contributed by atoms with Crippen LogP contribution in [0.4, 0.5) is 13.2 Å². The van der Waals surface area contributed by atoms with E-state index in [0.717, 1.165) is 10.8 Å². The first-order valence-corrected chi connectivity index (χ1v) is 7.67. The van der Waals surface area contributed by atoms with E-state index in [9.17, 15) is 22.8 Å². The van der Waals surface area contributed by atoms with E-state index in [1.165, 1.54) is 0 Å². The molecule has 2 aromatic carbocycles. The number of alkyl halides is 3. The number of carbonyl (C=O) groups excluding carboxylic acids is 2. The zero-order valence-electron chi connectivity index (χ0n) is 13.2. The Labute approximate surface area is 154 Å². The molecule has 0 bridgehead atoms. The van der Waals surface area contributed by atoms with Gasteiger partial charge in [0.25, 0.3) is 0 Å². The summed E-state index contributed by atoms with van der Waals surface area (Å²) in [5.41, 5.74) is -0.702. The zero-order valence-corrected chi connectivity index (χ0v) is 14.0. The number of aromatic amines is 1. The Bertz CT molecular complexity index is 1020. The summed E-state index contributed by atoms with van der Waals surface area (Å²) in [6.45, 7) is -0.291. The van der Waals surface area contributed by atoms with E-state index in [1.807, 2.05) is 0 Å². The molecule has 0 fully saturated rings. The summed E-state index contributed by atoms with van der Waals surface area (Å²) in [6.07, 6.45) is -5.30. The van der Waals surface area contributed by atoms with E-state index in [2.05, 4.69) is 20.1 Å². The molecule has 0 atom stereocenters. The fraction of sp³-hybridized carbons (Fsp3) is 0.125. The summed E-state index contributed by atoms with van der Waals surface area (Å²) in [7, 11) is 0. The van der Waals surface area contributed by atoms with E-state index >= 15 is 0 Å². The molecule has 1 heterocycles. The second kappa shape index (κ2) is 7.23. The third-order valence-electron chi connectivity index (χ3n) is 3.38. The van der Waals surface area contributed by atoms with Gasteiger partial charge in [0, 0.05) is 5.02 Å². The van der Waals surface area contributed by atoms with Crippen molar-refractivity contribution in [3.05, 3.63) is 52.8 Å². The molecule has 0 unspecified atom stereocenters. The Morgan fingerprint density at radius 2 is 1.78 bits per heavy atom. The quantitative estimate of drug-likeness (QED) is 0.533. The van der Waals surface area contributed by atoms with Crippen molar-refractivity contribution in [3.63, 3.8) is 0 Å². The standard InChI is InChI=1S/C16H9ClF3N3O4/c17-10-3-1-9-6-11(4-2-8(9)5-10)26-7-12-13(22-23-21-12)14(24)27-15(25)16(18,19)20/h1-6H,7H2,(H,21,22,23). The van der Waals surface area contributed by atoms with E-state index in [-0.39, 0.29) is 12.3 Å². The van der Waals surface area contributed by atoms with Crippen molar-refractivity contribution in [3.8, 4) is 5.75 Å². The van der Waals surface area contributed by atoms with Gasteiger partial charge < -0.3 is 9.47 Å². The first-order valence-electron chi connectivity index (χ1n) is 7.29. The molecule has 140 valence electrons. The Morgan fingerprint density at radius 1 is 1.07 bits per heavy atom. The second-order valence-corrected chi connectivity index (χ2v) is 5.67. The summed E-state index contributed by atoms with van der Waals surface area (Å²) < 4.78 is 45.7. The molecule has 1 aromatic heterocycles. The summed E-state index contributed by atoms with van der Waals surface area (Å²) in [4.78, 5) is 22.4. The molecule has 0 saturated carbocycles. The van der Waals surface area contributed by atoms with Crippen LogP contribution in [-0.2, 0) is 16.1 Å². The fourth-order valence-corrected chi connectivity index (χ4v) is 2.32. The maximum atomic E-state index is 12.2. The average Bonchev–Trinajstić information content (AvgIpc) is 3.07. The highest BCUT2D eigenvalue weighted by Crippen LogP contribution is 2.24. The first kappa shape index (κ1) is 18.6. The number of aromatic nitrogens is 3. The van der Waals surface area contributed by atoms with Gasteiger partial charge in [-0.15, -0.1) is 5.10 Å². The number of nitrogens with zero attached hydrogens (tertiary/aromatic N) is 2. The van der Waals surface area contributed by atoms with Crippen LogP contribution in [0.25, 0.3) is 10.8 Å². The minimum atomic E-state index is -5.30. The number of fused-ring (bicyclic) bond motifs is 1. The van der Waals surface area contributed by atoms with Crippen molar-refractivity contribution >= 4 is 34.3 Å². The second-order valence-electron chi connectivity index (χ2n) is 5.24. The van der Waals surface area contributed by atoms with Crippen molar-refractivity contribution < 1.29 is 32.2 Å². The molecule has 27 heavy (non-hydrogen) atoms. The van der Waals surface area contributed by atoms with Gasteiger partial charge in [-0.05, 0) is 35.0 Å². The lowest BCUT2D eigenvalue weighted by atomic mass is 10.1. The van der Waals surface area contributed by atoms with Gasteiger partial charge in [0.15, 0.2) is 5.69 Å². The number of esters is 2. The van der Waals surface area contributed by atoms with Gasteiger partial charge in [0.2, 0.25) is 0 Å². The summed E-state index contributed by atoms with van der Waals surface area (Å²) in [5, 5.41) is 11.4. The third kappa shape index (κ3) is 4.34. The van der Waals surface area contributed by atoms with Crippen LogP contribution < -0.4 is 4.74 Å². The minimum absolute atomic E-state index is 0.119. The van der Waals surface area contributed by atoms with Gasteiger partial charge in [0.1, 0.15) is 18.1 Å². The number of hydrogen-bond acceptors (Lipinski definition) is 6. The van der Waals surface area contributed by atoms with Crippen LogP contribution in [0.1, 0.15) is 16.2 Å². The molecule has 0 radical (unpaired) electrons. The number of benzene rings is 2. The molecule has 1 N–H and O–H groups in total. The number of hydrogen-bond donors (Lipinski definition) is 1. The van der Waals surface area contributed by atoms with Gasteiger partial charge in [-0.2, -0.15) is 23.5 Å². The molecule has 7 nitrogen and oxygen atoms in total. The topological polar surface area (TPSA) is 94.2 Å². The van der Waals surface area contributed by atoms with Crippen LogP contribution in [0.15, 0.2) is 36.4 Å². The van der Waals surface area contributed by atoms with Crippen molar-refractivity contribution in [1.29, 1.82) is 0 Å². The van der Waals surface area contributed by atoms with Crippen molar-refractivity contribution in [2.24, 2.45) is 0 Å². The van der Waals surface area contributed by atoms with Gasteiger partial charge in [-0.3, -0.25) is 0 Å². The molecule has 3 aromatic rings. The molecule has 0 aliphatic carbocycles. The molecular formula is C16H9ClF3N3O4. The highest BCUT2D eigenvalue weighted by Gasteiger charge is 2.43. The molecule has 3 rings (SSSR count). The summed E-state index contributed by atoms with van der Waals surface area (Å²) in [5.74, 6) is -3.81. The SMILES string of the molecule is O=C(OC(=O)C(F)(F)F)c1n[nH]nc1COc1ccc2cc(Cl)ccc2c1. The molecule has 0 saturated heterocycles. The van der Waals surface area contributed by atoms with Gasteiger partial charge in [-0.1, -0.05) is 23.7 Å². The highest BCUT2D eigenvalue weighted by molar-refractivity contribution is 6.31. The van der Waals surface area contributed by atoms with Gasteiger partial charge >= 0.3 is 18.1 Å². The van der Waals surface area contributed by atoms with E-state index < -0.39 is 23.8 Å². The largest absolute Gasteiger partial charge is 0.491 e. The number of H-pyrrole nitrogens is 1.